The number of anilines is 2. The summed E-state index contributed by atoms with van der Waals surface area (Å²) in [6.45, 7) is 2.16. The number of ether oxygens (including phenoxy) is 1. The third kappa shape index (κ3) is 4.21. The SMILES string of the molecule is CCOC(=O)C=Cc1ccc(NC2CCCc3ccccc32)c(N)c1. The highest BCUT2D eigenvalue weighted by molar-refractivity contribution is 5.87. The Kier molecular flexibility index (Phi) is 5.39. The van der Waals surface area contributed by atoms with E-state index in [9.17, 15) is 4.79 Å². The highest BCUT2D eigenvalue weighted by Gasteiger charge is 2.20. The van der Waals surface area contributed by atoms with Gasteiger partial charge in [0.05, 0.1) is 24.0 Å². The van der Waals surface area contributed by atoms with E-state index in [0.29, 0.717) is 12.3 Å². The van der Waals surface area contributed by atoms with Crippen molar-refractivity contribution in [1.29, 1.82) is 0 Å². The number of nitrogens with one attached hydrogen (secondary N) is 1. The van der Waals surface area contributed by atoms with Crippen LogP contribution in [0.2, 0.25) is 0 Å². The van der Waals surface area contributed by atoms with Gasteiger partial charge in [-0.3, -0.25) is 0 Å². The molecule has 130 valence electrons. The van der Waals surface area contributed by atoms with Crippen molar-refractivity contribution in [1.82, 2.24) is 0 Å². The van der Waals surface area contributed by atoms with Crippen LogP contribution in [0, 0.1) is 0 Å². The fourth-order valence-corrected chi connectivity index (χ4v) is 3.26. The van der Waals surface area contributed by atoms with E-state index >= 15 is 0 Å². The molecule has 0 saturated carbocycles. The maximum atomic E-state index is 11.4. The van der Waals surface area contributed by atoms with E-state index in [2.05, 4.69) is 29.6 Å². The van der Waals surface area contributed by atoms with Gasteiger partial charge in [-0.15, -0.1) is 0 Å². The predicted molar refractivity (Wildman–Crippen MR) is 102 cm³/mol. The molecule has 1 aliphatic carbocycles. The molecule has 1 aliphatic rings. The molecule has 4 nitrogen and oxygen atoms in total. The summed E-state index contributed by atoms with van der Waals surface area (Å²) in [4.78, 5) is 11.4. The van der Waals surface area contributed by atoms with Crippen molar-refractivity contribution in [3.8, 4) is 0 Å². The molecule has 0 amide bonds. The van der Waals surface area contributed by atoms with Crippen LogP contribution in [-0.4, -0.2) is 12.6 Å². The normalized spacial score (nSPS) is 16.4. The van der Waals surface area contributed by atoms with Crippen molar-refractivity contribution >= 4 is 23.4 Å². The lowest BCUT2D eigenvalue weighted by Gasteiger charge is -2.27. The first-order valence-electron chi connectivity index (χ1n) is 8.76. The van der Waals surface area contributed by atoms with E-state index in [1.807, 2.05) is 18.2 Å². The van der Waals surface area contributed by atoms with Gasteiger partial charge in [0.2, 0.25) is 0 Å². The largest absolute Gasteiger partial charge is 0.463 e. The summed E-state index contributed by atoms with van der Waals surface area (Å²) >= 11 is 0. The molecule has 0 aliphatic heterocycles. The molecule has 0 radical (unpaired) electrons. The maximum Gasteiger partial charge on any atom is 0.330 e. The van der Waals surface area contributed by atoms with E-state index in [4.69, 9.17) is 10.5 Å². The molecular weight excluding hydrogens is 312 g/mol. The van der Waals surface area contributed by atoms with Crippen LogP contribution in [-0.2, 0) is 16.0 Å². The summed E-state index contributed by atoms with van der Waals surface area (Å²) in [5, 5.41) is 3.58. The fraction of sp³-hybridized carbons (Fsp3) is 0.286. The first-order chi connectivity index (χ1) is 12.2. The number of rotatable bonds is 5. The van der Waals surface area contributed by atoms with E-state index in [0.717, 1.165) is 24.1 Å². The first-order valence-corrected chi connectivity index (χ1v) is 8.76. The van der Waals surface area contributed by atoms with Crippen LogP contribution in [0.1, 0.15) is 42.5 Å². The molecule has 0 fully saturated rings. The summed E-state index contributed by atoms with van der Waals surface area (Å²) in [6, 6.07) is 14.7. The van der Waals surface area contributed by atoms with E-state index < -0.39 is 0 Å². The predicted octanol–water partition coefficient (Wildman–Crippen LogP) is 4.33. The Morgan fingerprint density at radius 3 is 2.96 bits per heavy atom. The minimum atomic E-state index is -0.345. The van der Waals surface area contributed by atoms with Gasteiger partial charge in [-0.05, 0) is 61.1 Å². The summed E-state index contributed by atoms with van der Waals surface area (Å²) in [6.07, 6.45) is 6.55. The smallest absolute Gasteiger partial charge is 0.330 e. The zero-order valence-electron chi connectivity index (χ0n) is 14.5. The lowest BCUT2D eigenvalue weighted by Crippen LogP contribution is -2.17. The highest BCUT2D eigenvalue weighted by Crippen LogP contribution is 2.34. The Bertz CT molecular complexity index is 783. The Morgan fingerprint density at radius 1 is 1.32 bits per heavy atom. The Balaban J connectivity index is 1.73. The van der Waals surface area contributed by atoms with Crippen LogP contribution in [0.5, 0.6) is 0 Å². The number of carbonyl (C=O) groups excluding carboxylic acids is 1. The molecule has 1 atom stereocenters. The van der Waals surface area contributed by atoms with Gasteiger partial charge in [0, 0.05) is 6.08 Å². The van der Waals surface area contributed by atoms with Crippen molar-refractivity contribution < 1.29 is 9.53 Å². The van der Waals surface area contributed by atoms with Crippen LogP contribution < -0.4 is 11.1 Å². The molecule has 3 N–H and O–H groups in total. The zero-order valence-corrected chi connectivity index (χ0v) is 14.5. The second kappa shape index (κ2) is 7.88. The van der Waals surface area contributed by atoms with Gasteiger partial charge in [-0.25, -0.2) is 4.79 Å². The average molecular weight is 336 g/mol. The number of nitrogen functional groups attached to an aromatic ring is 1. The zero-order chi connectivity index (χ0) is 17.6. The number of hydrogen-bond acceptors (Lipinski definition) is 4. The maximum absolute atomic E-state index is 11.4. The lowest BCUT2D eigenvalue weighted by atomic mass is 9.87. The lowest BCUT2D eigenvalue weighted by molar-refractivity contribution is -0.137. The average Bonchev–Trinajstić information content (AvgIpc) is 2.62. The summed E-state index contributed by atoms with van der Waals surface area (Å²) in [5.74, 6) is -0.345. The first kappa shape index (κ1) is 17.1. The monoisotopic (exact) mass is 336 g/mol. The Morgan fingerprint density at radius 2 is 2.16 bits per heavy atom. The minimum absolute atomic E-state index is 0.285. The van der Waals surface area contributed by atoms with Crippen molar-refractivity contribution in [2.75, 3.05) is 17.7 Å². The van der Waals surface area contributed by atoms with E-state index in [1.54, 1.807) is 13.0 Å². The molecule has 0 saturated heterocycles. The molecule has 0 heterocycles. The van der Waals surface area contributed by atoms with Gasteiger partial charge in [0.25, 0.3) is 0 Å². The molecule has 0 aromatic heterocycles. The van der Waals surface area contributed by atoms with Crippen molar-refractivity contribution in [2.45, 2.75) is 32.2 Å². The molecule has 0 spiro atoms. The molecule has 25 heavy (non-hydrogen) atoms. The number of esters is 1. The van der Waals surface area contributed by atoms with E-state index in [-0.39, 0.29) is 12.0 Å². The molecule has 2 aromatic carbocycles. The van der Waals surface area contributed by atoms with Crippen molar-refractivity contribution in [3.63, 3.8) is 0 Å². The topological polar surface area (TPSA) is 64.3 Å². The second-order valence-corrected chi connectivity index (χ2v) is 6.22. The number of hydrogen-bond donors (Lipinski definition) is 2. The Hall–Kier alpha value is -2.75. The molecule has 4 heteroatoms. The summed E-state index contributed by atoms with van der Waals surface area (Å²) in [7, 11) is 0. The van der Waals surface area contributed by atoms with Gasteiger partial charge in [0.15, 0.2) is 0 Å². The van der Waals surface area contributed by atoms with Gasteiger partial charge >= 0.3 is 5.97 Å². The standard InChI is InChI=1S/C21H24N2O2/c1-2-25-21(24)13-11-15-10-12-20(18(22)14-15)23-19-9-5-7-16-6-3-4-8-17(16)19/h3-4,6,8,10-14,19,23H,2,5,7,9,22H2,1H3. The Labute approximate surface area is 148 Å². The van der Waals surface area contributed by atoms with Crippen LogP contribution >= 0.6 is 0 Å². The van der Waals surface area contributed by atoms with Crippen molar-refractivity contribution in [2.24, 2.45) is 0 Å². The summed E-state index contributed by atoms with van der Waals surface area (Å²) in [5.41, 5.74) is 11.5. The minimum Gasteiger partial charge on any atom is -0.463 e. The van der Waals surface area contributed by atoms with Crippen LogP contribution in [0.15, 0.2) is 48.5 Å². The quantitative estimate of drug-likeness (QED) is 0.484. The molecule has 3 rings (SSSR count). The summed E-state index contributed by atoms with van der Waals surface area (Å²) < 4.78 is 4.88. The van der Waals surface area contributed by atoms with Crippen molar-refractivity contribution in [3.05, 3.63) is 65.2 Å². The molecule has 2 aromatic rings. The highest BCUT2D eigenvalue weighted by atomic mass is 16.5. The fourth-order valence-electron chi connectivity index (χ4n) is 3.26. The van der Waals surface area contributed by atoms with Crippen LogP contribution in [0.4, 0.5) is 11.4 Å². The second-order valence-electron chi connectivity index (χ2n) is 6.22. The van der Waals surface area contributed by atoms with Gasteiger partial charge in [-0.2, -0.15) is 0 Å². The van der Waals surface area contributed by atoms with Gasteiger partial charge in [-0.1, -0.05) is 30.3 Å². The molecular formula is C21H24N2O2. The van der Waals surface area contributed by atoms with Gasteiger partial charge in [0.1, 0.15) is 0 Å². The van der Waals surface area contributed by atoms with Gasteiger partial charge < -0.3 is 15.8 Å². The third-order valence-corrected chi connectivity index (χ3v) is 4.47. The molecule has 1 unspecified atom stereocenters. The van der Waals surface area contributed by atoms with E-state index in [1.165, 1.54) is 23.6 Å². The third-order valence-electron chi connectivity index (χ3n) is 4.47. The number of nitrogens with two attached hydrogens (primary N) is 1. The van der Waals surface area contributed by atoms with Crippen LogP contribution in [0.25, 0.3) is 6.08 Å². The number of carbonyl (C=O) groups is 1. The van der Waals surface area contributed by atoms with Crippen LogP contribution in [0.3, 0.4) is 0 Å². The molecule has 0 bridgehead atoms. The number of fused-ring (bicyclic) bond motifs is 1. The number of aryl methyl sites for hydroxylation is 1. The number of benzene rings is 2.